The number of azo groups is 1. The smallest absolute Gasteiger partial charge is 0.262 e. The maximum atomic E-state index is 13.4. The van der Waals surface area contributed by atoms with Gasteiger partial charge in [0.2, 0.25) is 11.8 Å². The number of ether oxygens (including phenoxy) is 1. The van der Waals surface area contributed by atoms with E-state index in [1.54, 1.807) is 24.7 Å². The van der Waals surface area contributed by atoms with Crippen molar-refractivity contribution < 1.29 is 23.9 Å². The Hall–Kier alpha value is -5.35. The number of imide groups is 2. The second-order valence-electron chi connectivity index (χ2n) is 17.5. The molecule has 4 saturated heterocycles. The lowest BCUT2D eigenvalue weighted by atomic mass is 9.94. The SMILES string of the molecule is CC1(OC2=NC=C3N=NC(c4cc(N5CCC(CN6CCN(CC7CCN(c8ccc9c(c8)C(=O)N(C8CCC(=O)NC8=O)C9=O)CC7)CC6)CC5)ncn4)=C3[CH]2)CC1. The van der Waals surface area contributed by atoms with Crippen molar-refractivity contribution >= 4 is 46.7 Å². The van der Waals surface area contributed by atoms with E-state index in [0.29, 0.717) is 28.9 Å². The number of fused-ring (bicyclic) bond motifs is 2. The Kier molecular flexibility index (Phi) is 9.86. The molecule has 16 nitrogen and oxygen atoms in total. The van der Waals surface area contributed by atoms with Gasteiger partial charge in [-0.2, -0.15) is 0 Å². The number of nitrogens with one attached hydrogen (secondary N) is 1. The Balaban J connectivity index is 0.660. The van der Waals surface area contributed by atoms with Gasteiger partial charge in [0.05, 0.1) is 29.4 Å². The molecule has 5 fully saturated rings. The minimum atomic E-state index is -0.954. The third-order valence-corrected chi connectivity index (χ3v) is 13.4. The number of aliphatic imine (C=N–C) groups is 1. The second kappa shape index (κ2) is 15.4. The summed E-state index contributed by atoms with van der Waals surface area (Å²) in [4.78, 5) is 75.2. The minimum Gasteiger partial charge on any atom is -0.474 e. The number of piperazine rings is 1. The Labute approximate surface area is 343 Å². The molecule has 1 saturated carbocycles. The van der Waals surface area contributed by atoms with Crippen LogP contribution in [0.25, 0.3) is 5.70 Å². The number of hydrogen-bond acceptors (Lipinski definition) is 14. The molecule has 10 rings (SSSR count). The second-order valence-corrected chi connectivity index (χ2v) is 17.5. The summed E-state index contributed by atoms with van der Waals surface area (Å²) in [6.07, 6.45) is 12.0. The van der Waals surface area contributed by atoms with E-state index in [0.717, 1.165) is 143 Å². The van der Waals surface area contributed by atoms with Gasteiger partial charge in [-0.1, -0.05) is 0 Å². The van der Waals surface area contributed by atoms with E-state index in [-0.39, 0.29) is 24.3 Å². The zero-order valence-electron chi connectivity index (χ0n) is 33.5. The number of carbonyl (C=O) groups excluding carboxylic acids is 4. The van der Waals surface area contributed by atoms with Gasteiger partial charge in [-0.25, -0.2) is 15.0 Å². The maximum absolute atomic E-state index is 13.4. The molecule has 2 aromatic rings. The zero-order chi connectivity index (χ0) is 40.3. The van der Waals surface area contributed by atoms with E-state index in [4.69, 9.17) is 4.74 Å². The first-order valence-electron chi connectivity index (χ1n) is 21.3. The van der Waals surface area contributed by atoms with Crippen molar-refractivity contribution in [1.29, 1.82) is 0 Å². The van der Waals surface area contributed by atoms with Crippen molar-refractivity contribution in [3.8, 4) is 0 Å². The van der Waals surface area contributed by atoms with E-state index in [9.17, 15) is 19.2 Å². The summed E-state index contributed by atoms with van der Waals surface area (Å²) < 4.78 is 6.11. The third kappa shape index (κ3) is 7.68. The first-order chi connectivity index (χ1) is 28.7. The van der Waals surface area contributed by atoms with Gasteiger partial charge in [0.15, 0.2) is 5.90 Å². The molecule has 1 aromatic heterocycles. The summed E-state index contributed by atoms with van der Waals surface area (Å²) in [5, 5.41) is 11.1. The van der Waals surface area contributed by atoms with Crippen LogP contribution in [0, 0.1) is 18.3 Å². The predicted octanol–water partition coefficient (Wildman–Crippen LogP) is 3.83. The molecule has 1 aliphatic carbocycles. The van der Waals surface area contributed by atoms with Gasteiger partial charge >= 0.3 is 0 Å². The van der Waals surface area contributed by atoms with Crippen molar-refractivity contribution in [2.45, 2.75) is 69.9 Å². The average Bonchev–Trinajstić information content (AvgIpc) is 3.73. The van der Waals surface area contributed by atoms with Crippen molar-refractivity contribution in [2.75, 3.05) is 75.2 Å². The molecule has 1 N–H and O–H groups in total. The Morgan fingerprint density at radius 2 is 1.46 bits per heavy atom. The van der Waals surface area contributed by atoms with Crippen LogP contribution in [0.4, 0.5) is 11.5 Å². The van der Waals surface area contributed by atoms with E-state index in [2.05, 4.69) is 57.0 Å². The molecule has 1 radical (unpaired) electrons. The number of anilines is 2. The predicted molar refractivity (Wildman–Crippen MR) is 218 cm³/mol. The highest BCUT2D eigenvalue weighted by molar-refractivity contribution is 6.23. The number of amides is 4. The minimum absolute atomic E-state index is 0.107. The van der Waals surface area contributed by atoms with Gasteiger partial charge in [0.1, 0.15) is 35.2 Å². The summed E-state index contributed by atoms with van der Waals surface area (Å²) in [5.41, 5.74) is 4.58. The Bertz CT molecular complexity index is 2190. The number of hydrogen-bond donors (Lipinski definition) is 1. The van der Waals surface area contributed by atoms with Gasteiger partial charge in [-0.15, -0.1) is 10.2 Å². The lowest BCUT2D eigenvalue weighted by Crippen LogP contribution is -2.54. The molecular weight excluding hydrogens is 751 g/mol. The van der Waals surface area contributed by atoms with Crippen LogP contribution in [-0.4, -0.2) is 131 Å². The summed E-state index contributed by atoms with van der Waals surface area (Å²) in [7, 11) is 0. The van der Waals surface area contributed by atoms with Gasteiger partial charge < -0.3 is 24.3 Å². The van der Waals surface area contributed by atoms with Crippen LogP contribution in [-0.2, 0) is 14.3 Å². The zero-order valence-corrected chi connectivity index (χ0v) is 33.5. The average molecular weight is 801 g/mol. The van der Waals surface area contributed by atoms with Crippen LogP contribution in [0.3, 0.4) is 0 Å². The van der Waals surface area contributed by atoms with Crippen molar-refractivity contribution in [3.05, 3.63) is 71.3 Å². The van der Waals surface area contributed by atoms with E-state index >= 15 is 0 Å². The van der Waals surface area contributed by atoms with Crippen molar-refractivity contribution in [3.63, 3.8) is 0 Å². The molecule has 307 valence electrons. The van der Waals surface area contributed by atoms with Gasteiger partial charge in [-0.3, -0.25) is 29.4 Å². The molecule has 1 unspecified atom stereocenters. The lowest BCUT2D eigenvalue weighted by molar-refractivity contribution is -0.136. The molecule has 1 aromatic carbocycles. The summed E-state index contributed by atoms with van der Waals surface area (Å²) in [6, 6.07) is 6.51. The monoisotopic (exact) mass is 800 g/mol. The summed E-state index contributed by atoms with van der Waals surface area (Å²) in [6.45, 7) is 12.5. The fourth-order valence-corrected chi connectivity index (χ4v) is 9.54. The van der Waals surface area contributed by atoms with Crippen LogP contribution in [0.2, 0.25) is 0 Å². The third-order valence-electron chi connectivity index (χ3n) is 13.4. The molecule has 59 heavy (non-hydrogen) atoms. The molecular formula is C43H50N11O5. The topological polar surface area (TPSA) is 169 Å². The van der Waals surface area contributed by atoms with Crippen LogP contribution in [0.1, 0.15) is 84.7 Å². The first kappa shape index (κ1) is 37.9. The molecule has 7 aliphatic heterocycles. The Morgan fingerprint density at radius 3 is 2.14 bits per heavy atom. The summed E-state index contributed by atoms with van der Waals surface area (Å²) >= 11 is 0. The first-order valence-corrected chi connectivity index (χ1v) is 21.3. The molecule has 4 amide bonds. The van der Waals surface area contributed by atoms with Crippen molar-refractivity contribution in [2.24, 2.45) is 27.1 Å². The number of aromatic nitrogens is 2. The normalized spacial score (nSPS) is 25.3. The molecule has 16 heteroatoms. The van der Waals surface area contributed by atoms with Gasteiger partial charge in [-0.05, 0) is 81.9 Å². The number of carbonyl (C=O) groups is 4. The number of nitrogens with zero attached hydrogens (tertiary/aromatic N) is 10. The van der Waals surface area contributed by atoms with Crippen LogP contribution in [0.5, 0.6) is 0 Å². The summed E-state index contributed by atoms with van der Waals surface area (Å²) in [5.74, 6) is 0.918. The van der Waals surface area contributed by atoms with Crippen LogP contribution in [0.15, 0.2) is 63.3 Å². The fourth-order valence-electron chi connectivity index (χ4n) is 9.54. The fraction of sp³-hybridized carbons (Fsp3) is 0.535. The van der Waals surface area contributed by atoms with Crippen molar-refractivity contribution in [1.82, 2.24) is 30.0 Å². The van der Waals surface area contributed by atoms with Gasteiger partial charge in [0.25, 0.3) is 11.8 Å². The van der Waals surface area contributed by atoms with Gasteiger partial charge in [0, 0.05) is 89.2 Å². The quantitative estimate of drug-likeness (QED) is 0.366. The van der Waals surface area contributed by atoms with E-state index in [1.165, 1.54) is 0 Å². The molecule has 8 heterocycles. The lowest BCUT2D eigenvalue weighted by Gasteiger charge is -2.41. The Morgan fingerprint density at radius 1 is 0.780 bits per heavy atom. The molecule has 0 spiro atoms. The van der Waals surface area contributed by atoms with E-state index in [1.807, 2.05) is 18.6 Å². The highest BCUT2D eigenvalue weighted by Gasteiger charge is 2.45. The van der Waals surface area contributed by atoms with Crippen LogP contribution < -0.4 is 15.1 Å². The molecule has 1 atom stereocenters. The molecule has 0 bridgehead atoms. The number of rotatable bonds is 9. The van der Waals surface area contributed by atoms with Crippen LogP contribution >= 0.6 is 0 Å². The van der Waals surface area contributed by atoms with E-state index < -0.39 is 23.8 Å². The standard InChI is InChI=1S/C43H50N11O5/c1-43(10-11-43)59-38-21-32-34(23-44-38)48-49-39(32)33-22-36(46-26-45-33)53-14-8-28(9-15-53)25-51-18-16-50(17-19-51)24-27-6-12-52(13-7-27)29-2-3-30-31(20-29)42(58)54(41(30)57)35-4-5-37(55)47-40(35)56/h2-3,20-23,26-28,35H,4-19,24-25H2,1H3,(H,47,55,56). The highest BCUT2D eigenvalue weighted by atomic mass is 16.5. The number of benzene rings is 1. The number of piperidine rings is 3. The maximum Gasteiger partial charge on any atom is 0.262 e. The highest BCUT2D eigenvalue weighted by Crippen LogP contribution is 2.42. The molecule has 8 aliphatic rings. The number of allylic oxidation sites excluding steroid dienone is 1. The largest absolute Gasteiger partial charge is 0.474 e.